The maximum Gasteiger partial charge on any atom is 0.265 e. The topological polar surface area (TPSA) is 48.0 Å². The molecular formula is C20H19NO4S2. The first-order chi connectivity index (χ1) is 13.1. The van der Waals surface area contributed by atoms with Crippen LogP contribution in [0, 0.1) is 0 Å². The highest BCUT2D eigenvalue weighted by molar-refractivity contribution is 8.26. The molecule has 1 amide bonds. The number of carbonyl (C=O) groups excluding carboxylic acids is 1. The van der Waals surface area contributed by atoms with Gasteiger partial charge in [0.15, 0.2) is 11.5 Å². The number of ether oxygens (including phenoxy) is 3. The summed E-state index contributed by atoms with van der Waals surface area (Å²) in [4.78, 5) is 14.1. The van der Waals surface area contributed by atoms with Gasteiger partial charge < -0.3 is 14.2 Å². The van der Waals surface area contributed by atoms with Gasteiger partial charge in [-0.1, -0.05) is 48.2 Å². The highest BCUT2D eigenvalue weighted by Gasteiger charge is 2.28. The molecule has 7 heteroatoms. The number of amides is 1. The lowest BCUT2D eigenvalue weighted by molar-refractivity contribution is -0.121. The summed E-state index contributed by atoms with van der Waals surface area (Å²) in [6.45, 7) is 0.812. The molecule has 0 aliphatic carbocycles. The second kappa shape index (κ2) is 8.92. The molecule has 0 unspecified atom stereocenters. The number of nitrogens with zero attached hydrogens (tertiary/aromatic N) is 1. The van der Waals surface area contributed by atoms with Gasteiger partial charge >= 0.3 is 0 Å². The van der Waals surface area contributed by atoms with Gasteiger partial charge in [-0.2, -0.15) is 0 Å². The lowest BCUT2D eigenvalue weighted by Gasteiger charge is -2.11. The van der Waals surface area contributed by atoms with Crippen LogP contribution < -0.4 is 14.2 Å². The van der Waals surface area contributed by atoms with E-state index in [1.54, 1.807) is 14.2 Å². The smallest absolute Gasteiger partial charge is 0.265 e. The predicted molar refractivity (Wildman–Crippen MR) is 111 cm³/mol. The fourth-order valence-corrected chi connectivity index (χ4v) is 3.59. The van der Waals surface area contributed by atoms with Crippen molar-refractivity contribution in [1.82, 2.24) is 4.90 Å². The summed E-state index contributed by atoms with van der Waals surface area (Å²) in [5.41, 5.74) is 0.918. The van der Waals surface area contributed by atoms with Gasteiger partial charge in [-0.25, -0.2) is 0 Å². The number of likely N-dealkylation sites (N-methyl/N-ethyl adjacent to an activating group) is 1. The summed E-state index contributed by atoms with van der Waals surface area (Å²) in [5.74, 6) is 2.05. The van der Waals surface area contributed by atoms with Crippen LogP contribution in [0.4, 0.5) is 0 Å². The van der Waals surface area contributed by atoms with Crippen molar-refractivity contribution < 1.29 is 19.0 Å². The number of benzene rings is 2. The van der Waals surface area contributed by atoms with E-state index in [1.165, 1.54) is 16.7 Å². The molecule has 1 aliphatic heterocycles. The molecule has 0 aromatic heterocycles. The Hall–Kier alpha value is -2.51. The lowest BCUT2D eigenvalue weighted by Crippen LogP contribution is -2.22. The molecule has 0 saturated carbocycles. The van der Waals surface area contributed by atoms with Crippen LogP contribution in [0.25, 0.3) is 6.08 Å². The number of rotatable bonds is 7. The van der Waals surface area contributed by atoms with Crippen molar-refractivity contribution in [3.05, 3.63) is 59.0 Å². The fourth-order valence-electron chi connectivity index (χ4n) is 2.41. The Kier molecular flexibility index (Phi) is 6.36. The number of thiocarbonyl (C=S) groups is 1. The molecule has 1 heterocycles. The minimum absolute atomic E-state index is 0.0705. The van der Waals surface area contributed by atoms with Crippen LogP contribution in [0.5, 0.6) is 17.2 Å². The molecule has 3 rings (SSSR count). The van der Waals surface area contributed by atoms with E-state index in [-0.39, 0.29) is 5.91 Å². The lowest BCUT2D eigenvalue weighted by atomic mass is 10.2. The molecule has 1 fully saturated rings. The third-order valence-corrected chi connectivity index (χ3v) is 5.33. The molecule has 1 saturated heterocycles. The summed E-state index contributed by atoms with van der Waals surface area (Å²) in [5, 5.41) is 0. The first kappa shape index (κ1) is 19.3. The summed E-state index contributed by atoms with van der Waals surface area (Å²) < 4.78 is 17.2. The van der Waals surface area contributed by atoms with Crippen LogP contribution in [0.2, 0.25) is 0 Å². The van der Waals surface area contributed by atoms with E-state index in [4.69, 9.17) is 26.4 Å². The van der Waals surface area contributed by atoms with Crippen LogP contribution in [0.3, 0.4) is 0 Å². The summed E-state index contributed by atoms with van der Waals surface area (Å²) in [6, 6.07) is 15.0. The van der Waals surface area contributed by atoms with Crippen LogP contribution in [-0.2, 0) is 4.79 Å². The summed E-state index contributed by atoms with van der Waals surface area (Å²) in [7, 11) is 3.29. The number of hydrogen-bond acceptors (Lipinski definition) is 6. The predicted octanol–water partition coefficient (Wildman–Crippen LogP) is 3.98. The average molecular weight is 402 g/mol. The molecule has 140 valence electrons. The zero-order valence-electron chi connectivity index (χ0n) is 15.0. The first-order valence-corrected chi connectivity index (χ1v) is 9.51. The van der Waals surface area contributed by atoms with Gasteiger partial charge in [0.05, 0.1) is 12.0 Å². The molecule has 27 heavy (non-hydrogen) atoms. The number of methoxy groups -OCH3 is 1. The molecule has 5 nitrogen and oxygen atoms in total. The molecular weight excluding hydrogens is 382 g/mol. The maximum absolute atomic E-state index is 12.0. The number of hydrogen-bond donors (Lipinski definition) is 0. The zero-order valence-corrected chi connectivity index (χ0v) is 16.6. The van der Waals surface area contributed by atoms with Crippen molar-refractivity contribution in [3.63, 3.8) is 0 Å². The molecule has 2 aromatic rings. The molecule has 0 spiro atoms. The number of thioether (sulfide) groups is 1. The molecule has 0 atom stereocenters. The van der Waals surface area contributed by atoms with Crippen molar-refractivity contribution in [3.8, 4) is 17.2 Å². The largest absolute Gasteiger partial charge is 0.493 e. The van der Waals surface area contributed by atoms with Gasteiger partial charge in [0, 0.05) is 7.05 Å². The van der Waals surface area contributed by atoms with Gasteiger partial charge in [0.2, 0.25) is 0 Å². The first-order valence-electron chi connectivity index (χ1n) is 8.28. The maximum atomic E-state index is 12.0. The van der Waals surface area contributed by atoms with Gasteiger partial charge in [-0.05, 0) is 35.9 Å². The SMILES string of the molecule is COc1ccccc1OCCOc1ccc(/C=C2\SC(=S)N(C)C2=O)cc1. The standard InChI is InChI=1S/C20H19NO4S2/c1-21-19(22)18(27-20(21)26)13-14-7-9-15(10-8-14)24-11-12-25-17-6-4-3-5-16(17)23-2/h3-10,13H,11-12H2,1-2H3/b18-13-. The second-order valence-corrected chi connectivity index (χ2v) is 7.33. The summed E-state index contributed by atoms with van der Waals surface area (Å²) in [6.07, 6.45) is 1.83. The number of carbonyl (C=O) groups is 1. The van der Waals surface area contributed by atoms with Gasteiger partial charge in [-0.15, -0.1) is 0 Å². The van der Waals surface area contributed by atoms with E-state index in [0.717, 1.165) is 11.3 Å². The molecule has 1 aliphatic rings. The zero-order chi connectivity index (χ0) is 19.2. The highest BCUT2D eigenvalue weighted by Crippen LogP contribution is 2.31. The third kappa shape index (κ3) is 4.81. The highest BCUT2D eigenvalue weighted by atomic mass is 32.2. The third-order valence-electron chi connectivity index (χ3n) is 3.84. The van der Waals surface area contributed by atoms with E-state index in [0.29, 0.717) is 33.9 Å². The van der Waals surface area contributed by atoms with E-state index in [1.807, 2.05) is 54.6 Å². The van der Waals surface area contributed by atoms with Crippen LogP contribution in [0.1, 0.15) is 5.56 Å². The van der Waals surface area contributed by atoms with E-state index in [9.17, 15) is 4.79 Å². The Balaban J connectivity index is 1.51. The minimum Gasteiger partial charge on any atom is -0.493 e. The quantitative estimate of drug-likeness (QED) is 0.397. The van der Waals surface area contributed by atoms with Crippen molar-refractivity contribution in [2.75, 3.05) is 27.4 Å². The van der Waals surface area contributed by atoms with Crippen molar-refractivity contribution in [2.45, 2.75) is 0 Å². The van der Waals surface area contributed by atoms with Crippen LogP contribution in [0.15, 0.2) is 53.4 Å². The fraction of sp³-hybridized carbons (Fsp3) is 0.200. The monoisotopic (exact) mass is 401 g/mol. The second-order valence-electron chi connectivity index (χ2n) is 5.66. The van der Waals surface area contributed by atoms with Crippen LogP contribution >= 0.6 is 24.0 Å². The Morgan fingerprint density at radius 3 is 2.33 bits per heavy atom. The van der Waals surface area contributed by atoms with Gasteiger partial charge in [-0.3, -0.25) is 9.69 Å². The Morgan fingerprint density at radius 2 is 1.70 bits per heavy atom. The Morgan fingerprint density at radius 1 is 1.04 bits per heavy atom. The molecule has 2 aromatic carbocycles. The van der Waals surface area contributed by atoms with E-state index in [2.05, 4.69) is 0 Å². The van der Waals surface area contributed by atoms with Crippen molar-refractivity contribution >= 4 is 40.3 Å². The van der Waals surface area contributed by atoms with Crippen LogP contribution in [-0.4, -0.2) is 42.5 Å². The van der Waals surface area contributed by atoms with Crippen molar-refractivity contribution in [1.29, 1.82) is 0 Å². The average Bonchev–Trinajstić information content (AvgIpc) is 2.93. The number of para-hydroxylation sites is 2. The Bertz CT molecular complexity index is 865. The molecule has 0 radical (unpaired) electrons. The summed E-state index contributed by atoms with van der Waals surface area (Å²) >= 11 is 6.44. The normalized spacial score (nSPS) is 15.3. The van der Waals surface area contributed by atoms with Gasteiger partial charge in [0.25, 0.3) is 5.91 Å². The van der Waals surface area contributed by atoms with Crippen molar-refractivity contribution in [2.24, 2.45) is 0 Å². The van der Waals surface area contributed by atoms with E-state index < -0.39 is 0 Å². The van der Waals surface area contributed by atoms with Gasteiger partial charge in [0.1, 0.15) is 23.3 Å². The Labute approximate surface area is 167 Å². The minimum atomic E-state index is -0.0705. The molecule has 0 bridgehead atoms. The van der Waals surface area contributed by atoms with E-state index >= 15 is 0 Å². The molecule has 0 N–H and O–H groups in total.